The van der Waals surface area contributed by atoms with Crippen LogP contribution in [0.1, 0.15) is 29.8 Å². The van der Waals surface area contributed by atoms with Gasteiger partial charge in [0, 0.05) is 43.5 Å². The molecule has 130 valence electrons. The molecule has 0 amide bonds. The zero-order valence-corrected chi connectivity index (χ0v) is 15.1. The second-order valence-electron chi connectivity index (χ2n) is 6.52. The summed E-state index contributed by atoms with van der Waals surface area (Å²) in [4.78, 5) is 9.75. The highest BCUT2D eigenvalue weighted by molar-refractivity contribution is 7.09. The fraction of sp³-hybridized carbons (Fsp3) is 0.706. The van der Waals surface area contributed by atoms with Gasteiger partial charge in [0.1, 0.15) is 6.17 Å². The van der Waals surface area contributed by atoms with Crippen LogP contribution in [0, 0.1) is 35.5 Å². The van der Waals surface area contributed by atoms with Crippen LogP contribution in [0.3, 0.4) is 0 Å². The molecule has 7 heteroatoms. The highest BCUT2D eigenvalue weighted by Gasteiger charge is 2.33. The Kier molecular flexibility index (Phi) is 7.11. The smallest absolute Gasteiger partial charge is 0.114 e. The summed E-state index contributed by atoms with van der Waals surface area (Å²) in [6.45, 7) is 4.56. The Morgan fingerprint density at radius 3 is 2.96 bits per heavy atom. The van der Waals surface area contributed by atoms with Crippen molar-refractivity contribution in [2.45, 2.75) is 44.9 Å². The van der Waals surface area contributed by atoms with E-state index in [1.165, 1.54) is 4.88 Å². The summed E-state index contributed by atoms with van der Waals surface area (Å²) in [5, 5.41) is 17.9. The van der Waals surface area contributed by atoms with E-state index in [-0.39, 0.29) is 12.0 Å². The maximum absolute atomic E-state index is 13.9. The number of aryl methyl sites for hydroxylation is 1. The third kappa shape index (κ3) is 5.24. The summed E-state index contributed by atoms with van der Waals surface area (Å²) in [5.74, 6) is -0.144. The van der Waals surface area contributed by atoms with Crippen molar-refractivity contribution in [3.63, 3.8) is 0 Å². The first-order valence-electron chi connectivity index (χ1n) is 8.25. The number of hydrogen-bond acceptors (Lipinski definition) is 6. The van der Waals surface area contributed by atoms with Gasteiger partial charge < -0.3 is 4.90 Å². The summed E-state index contributed by atoms with van der Waals surface area (Å²) < 4.78 is 13.9. The SMILES string of the molecule is Cc1ncsc1CN1C[C@@H](F)C[C@H]1CN(C)C[C@H](C#N)CCC#N. The van der Waals surface area contributed by atoms with Crippen LogP contribution < -0.4 is 0 Å². The highest BCUT2D eigenvalue weighted by Crippen LogP contribution is 2.25. The fourth-order valence-electron chi connectivity index (χ4n) is 3.21. The lowest BCUT2D eigenvalue weighted by Gasteiger charge is -2.29. The van der Waals surface area contributed by atoms with Gasteiger partial charge in [0.2, 0.25) is 0 Å². The van der Waals surface area contributed by atoms with Crippen LogP contribution in [0.15, 0.2) is 5.51 Å². The second kappa shape index (κ2) is 9.08. The molecule has 24 heavy (non-hydrogen) atoms. The number of alkyl halides is 1. The molecular formula is C17H24FN5S. The van der Waals surface area contributed by atoms with E-state index in [2.05, 4.69) is 26.9 Å². The molecule has 1 aromatic heterocycles. The number of halogens is 1. The predicted molar refractivity (Wildman–Crippen MR) is 92.0 cm³/mol. The van der Waals surface area contributed by atoms with Gasteiger partial charge >= 0.3 is 0 Å². The van der Waals surface area contributed by atoms with Gasteiger partial charge in [0.15, 0.2) is 0 Å². The topological polar surface area (TPSA) is 67.0 Å². The quantitative estimate of drug-likeness (QED) is 0.722. The molecule has 1 saturated heterocycles. The molecule has 1 fully saturated rings. The molecule has 0 aromatic carbocycles. The average molecular weight is 349 g/mol. The molecule has 3 atom stereocenters. The van der Waals surface area contributed by atoms with Crippen molar-refractivity contribution in [1.82, 2.24) is 14.8 Å². The van der Waals surface area contributed by atoms with Crippen LogP contribution in [0.4, 0.5) is 4.39 Å². The molecule has 0 spiro atoms. The molecule has 5 nitrogen and oxygen atoms in total. The summed E-state index contributed by atoms with van der Waals surface area (Å²) in [6.07, 6.45) is 0.746. The van der Waals surface area contributed by atoms with E-state index >= 15 is 0 Å². The van der Waals surface area contributed by atoms with E-state index in [9.17, 15) is 9.65 Å². The van der Waals surface area contributed by atoms with Gasteiger partial charge in [-0.3, -0.25) is 4.90 Å². The Bertz CT molecular complexity index is 605. The molecule has 0 N–H and O–H groups in total. The van der Waals surface area contributed by atoms with Crippen LogP contribution in [-0.4, -0.2) is 53.7 Å². The van der Waals surface area contributed by atoms with E-state index < -0.39 is 6.17 Å². The van der Waals surface area contributed by atoms with Crippen LogP contribution in [0.25, 0.3) is 0 Å². The minimum atomic E-state index is -0.790. The number of aromatic nitrogens is 1. The first kappa shape index (κ1) is 18.8. The zero-order chi connectivity index (χ0) is 17.5. The third-order valence-electron chi connectivity index (χ3n) is 4.51. The normalized spacial score (nSPS) is 22.4. The molecule has 0 bridgehead atoms. The van der Waals surface area contributed by atoms with Gasteiger partial charge in [0.05, 0.1) is 29.3 Å². The monoisotopic (exact) mass is 349 g/mol. The lowest BCUT2D eigenvalue weighted by Crippen LogP contribution is -2.40. The van der Waals surface area contributed by atoms with Crippen molar-refractivity contribution < 1.29 is 4.39 Å². The summed E-state index contributed by atoms with van der Waals surface area (Å²) in [6, 6.07) is 4.51. The molecular weight excluding hydrogens is 325 g/mol. The van der Waals surface area contributed by atoms with Gasteiger partial charge in [-0.25, -0.2) is 9.37 Å². The van der Waals surface area contributed by atoms with Crippen molar-refractivity contribution in [2.75, 3.05) is 26.7 Å². The van der Waals surface area contributed by atoms with Crippen molar-refractivity contribution in [2.24, 2.45) is 5.92 Å². The first-order valence-corrected chi connectivity index (χ1v) is 9.13. The van der Waals surface area contributed by atoms with E-state index in [1.807, 2.05) is 19.5 Å². The average Bonchev–Trinajstić information content (AvgIpc) is 3.10. The second-order valence-corrected chi connectivity index (χ2v) is 7.46. The molecule has 0 aliphatic carbocycles. The number of hydrogen-bond donors (Lipinski definition) is 0. The Labute approximate surface area is 147 Å². The minimum absolute atomic E-state index is 0.144. The van der Waals surface area contributed by atoms with Gasteiger partial charge in [-0.1, -0.05) is 0 Å². The third-order valence-corrected chi connectivity index (χ3v) is 5.43. The summed E-state index contributed by atoms with van der Waals surface area (Å²) in [5.41, 5.74) is 2.86. The maximum atomic E-state index is 13.9. The van der Waals surface area contributed by atoms with Crippen LogP contribution in [-0.2, 0) is 6.54 Å². The number of thiazole rings is 1. The van der Waals surface area contributed by atoms with Crippen LogP contribution >= 0.6 is 11.3 Å². The number of likely N-dealkylation sites (tertiary alicyclic amines) is 1. The number of likely N-dealkylation sites (N-methyl/N-ethyl adjacent to an activating group) is 1. The molecule has 1 aromatic rings. The molecule has 2 rings (SSSR count). The molecule has 1 aliphatic heterocycles. The van der Waals surface area contributed by atoms with Crippen molar-refractivity contribution in [3.8, 4) is 12.1 Å². The van der Waals surface area contributed by atoms with Gasteiger partial charge in [0.25, 0.3) is 0 Å². The molecule has 0 radical (unpaired) electrons. The molecule has 1 aliphatic rings. The van der Waals surface area contributed by atoms with E-state index in [4.69, 9.17) is 5.26 Å². The summed E-state index contributed by atoms with van der Waals surface area (Å²) in [7, 11) is 1.97. The van der Waals surface area contributed by atoms with Crippen molar-refractivity contribution >= 4 is 11.3 Å². The summed E-state index contributed by atoms with van der Waals surface area (Å²) >= 11 is 1.62. The Hall–Kier alpha value is -1.54. The Balaban J connectivity index is 1.90. The van der Waals surface area contributed by atoms with E-state index in [0.717, 1.165) is 18.8 Å². The van der Waals surface area contributed by atoms with E-state index in [0.29, 0.717) is 32.4 Å². The van der Waals surface area contributed by atoms with Crippen molar-refractivity contribution in [3.05, 3.63) is 16.1 Å². The Morgan fingerprint density at radius 2 is 2.33 bits per heavy atom. The lowest BCUT2D eigenvalue weighted by molar-refractivity contribution is 0.177. The lowest BCUT2D eigenvalue weighted by atomic mass is 10.0. The minimum Gasteiger partial charge on any atom is -0.304 e. The Morgan fingerprint density at radius 1 is 1.54 bits per heavy atom. The van der Waals surface area contributed by atoms with Gasteiger partial charge in [-0.05, 0) is 26.8 Å². The van der Waals surface area contributed by atoms with Crippen molar-refractivity contribution in [1.29, 1.82) is 10.5 Å². The molecule has 0 saturated carbocycles. The number of nitrogens with zero attached hydrogens (tertiary/aromatic N) is 5. The van der Waals surface area contributed by atoms with Gasteiger partial charge in [-0.2, -0.15) is 10.5 Å². The van der Waals surface area contributed by atoms with Gasteiger partial charge in [-0.15, -0.1) is 11.3 Å². The zero-order valence-electron chi connectivity index (χ0n) is 14.3. The highest BCUT2D eigenvalue weighted by atomic mass is 32.1. The van der Waals surface area contributed by atoms with Crippen LogP contribution in [0.2, 0.25) is 0 Å². The first-order chi connectivity index (χ1) is 11.5. The maximum Gasteiger partial charge on any atom is 0.114 e. The predicted octanol–water partition coefficient (Wildman–Crippen LogP) is 2.74. The van der Waals surface area contributed by atoms with Crippen LogP contribution in [0.5, 0.6) is 0 Å². The largest absolute Gasteiger partial charge is 0.304 e. The number of nitriles is 2. The molecule has 0 unspecified atom stereocenters. The molecule has 2 heterocycles. The fourth-order valence-corrected chi connectivity index (χ4v) is 4.02. The van der Waals surface area contributed by atoms with E-state index in [1.54, 1.807) is 11.3 Å². The number of rotatable bonds is 8. The standard InChI is InChI=1S/C17H24FN5S/c1-13-17(24-12-21-13)11-23-9-15(18)6-16(23)10-22(2)8-14(7-20)4-3-5-19/h12,14-16H,3-4,6,8-11H2,1-2H3/t14-,15-,16-/m0/s1.